The van der Waals surface area contributed by atoms with Gasteiger partial charge >= 0.3 is 0 Å². The predicted molar refractivity (Wildman–Crippen MR) is 75.0 cm³/mol. The zero-order chi connectivity index (χ0) is 13.0. The van der Waals surface area contributed by atoms with Gasteiger partial charge in [0.05, 0.1) is 6.61 Å². The summed E-state index contributed by atoms with van der Waals surface area (Å²) in [6, 6.07) is 6.98. The number of likely N-dealkylation sites (N-methyl/N-ethyl adjacent to an activating group) is 1. The van der Waals surface area contributed by atoms with Gasteiger partial charge in [-0.2, -0.15) is 0 Å². The van der Waals surface area contributed by atoms with E-state index in [1.807, 2.05) is 6.92 Å². The van der Waals surface area contributed by atoms with Gasteiger partial charge in [-0.15, -0.1) is 0 Å². The summed E-state index contributed by atoms with van der Waals surface area (Å²) in [5, 5.41) is 3.51. The third-order valence-electron chi connectivity index (χ3n) is 3.69. The lowest BCUT2D eigenvalue weighted by atomic mass is 9.95. The first kappa shape index (κ1) is 13.4. The number of hydrogen-bond acceptors (Lipinski definition) is 3. The Kier molecular flexibility index (Phi) is 4.61. The molecule has 3 nitrogen and oxygen atoms in total. The van der Waals surface area contributed by atoms with E-state index in [1.165, 1.54) is 11.1 Å². The summed E-state index contributed by atoms with van der Waals surface area (Å²) in [6.45, 7) is 11.4. The standard InChI is InChI=1S/C15H24N2O/c1-4-17(5-2)15-11-16-10-12-7-8-13(18-6-3)9-14(12)15/h7-9,15-16H,4-6,10-11H2,1-3H3/t15-/m0/s1. The molecule has 1 N–H and O–H groups in total. The molecule has 1 aliphatic heterocycles. The van der Waals surface area contributed by atoms with Crippen LogP contribution in [0.2, 0.25) is 0 Å². The van der Waals surface area contributed by atoms with E-state index in [4.69, 9.17) is 4.74 Å². The summed E-state index contributed by atoms with van der Waals surface area (Å²) >= 11 is 0. The molecule has 0 amide bonds. The van der Waals surface area contributed by atoms with E-state index in [9.17, 15) is 0 Å². The van der Waals surface area contributed by atoms with Crippen LogP contribution in [0.5, 0.6) is 5.75 Å². The Balaban J connectivity index is 2.30. The number of rotatable bonds is 5. The molecule has 1 aliphatic rings. The number of ether oxygens (including phenoxy) is 1. The van der Waals surface area contributed by atoms with Gasteiger partial charge in [-0.05, 0) is 43.3 Å². The molecule has 2 rings (SSSR count). The molecule has 0 saturated heterocycles. The Morgan fingerprint density at radius 2 is 2.06 bits per heavy atom. The molecule has 0 fully saturated rings. The zero-order valence-electron chi connectivity index (χ0n) is 11.7. The SMILES string of the molecule is CCOc1ccc2c(c1)[C@@H](N(CC)CC)CNC2. The fourth-order valence-electron chi connectivity index (χ4n) is 2.74. The van der Waals surface area contributed by atoms with Crippen LogP contribution in [0.3, 0.4) is 0 Å². The van der Waals surface area contributed by atoms with Crippen LogP contribution in [0.1, 0.15) is 37.9 Å². The monoisotopic (exact) mass is 248 g/mol. The normalized spacial score (nSPS) is 18.8. The average Bonchev–Trinajstić information content (AvgIpc) is 2.41. The zero-order valence-corrected chi connectivity index (χ0v) is 11.7. The fourth-order valence-corrected chi connectivity index (χ4v) is 2.74. The van der Waals surface area contributed by atoms with Crippen LogP contribution in [0, 0.1) is 0 Å². The predicted octanol–water partition coefficient (Wildman–Crippen LogP) is 2.57. The van der Waals surface area contributed by atoms with Gasteiger partial charge in [0.2, 0.25) is 0 Å². The molecule has 0 radical (unpaired) electrons. The number of nitrogens with zero attached hydrogens (tertiary/aromatic N) is 1. The van der Waals surface area contributed by atoms with Crippen LogP contribution in [-0.4, -0.2) is 31.1 Å². The summed E-state index contributed by atoms with van der Waals surface area (Å²) in [5.74, 6) is 0.996. The van der Waals surface area contributed by atoms with Crippen molar-refractivity contribution in [3.63, 3.8) is 0 Å². The number of nitrogens with one attached hydrogen (secondary N) is 1. The Hall–Kier alpha value is -1.06. The van der Waals surface area contributed by atoms with Crippen LogP contribution in [-0.2, 0) is 6.54 Å². The first-order valence-electron chi connectivity index (χ1n) is 7.00. The summed E-state index contributed by atoms with van der Waals surface area (Å²) in [4.78, 5) is 2.50. The van der Waals surface area contributed by atoms with Crippen molar-refractivity contribution in [3.05, 3.63) is 29.3 Å². The van der Waals surface area contributed by atoms with Crippen molar-refractivity contribution in [2.24, 2.45) is 0 Å². The van der Waals surface area contributed by atoms with Crippen LogP contribution in [0.25, 0.3) is 0 Å². The Morgan fingerprint density at radius 3 is 2.72 bits per heavy atom. The molecule has 100 valence electrons. The van der Waals surface area contributed by atoms with Gasteiger partial charge in [0, 0.05) is 19.1 Å². The molecule has 1 aromatic rings. The maximum Gasteiger partial charge on any atom is 0.119 e. The van der Waals surface area contributed by atoms with E-state index in [0.717, 1.165) is 38.5 Å². The van der Waals surface area contributed by atoms with E-state index < -0.39 is 0 Å². The third-order valence-corrected chi connectivity index (χ3v) is 3.69. The highest BCUT2D eigenvalue weighted by Gasteiger charge is 2.24. The van der Waals surface area contributed by atoms with E-state index in [2.05, 4.69) is 42.3 Å². The van der Waals surface area contributed by atoms with E-state index in [-0.39, 0.29) is 0 Å². The molecule has 0 aliphatic carbocycles. The lowest BCUT2D eigenvalue weighted by Gasteiger charge is -2.35. The first-order valence-corrected chi connectivity index (χ1v) is 7.00. The van der Waals surface area contributed by atoms with Crippen molar-refractivity contribution in [3.8, 4) is 5.75 Å². The molecular weight excluding hydrogens is 224 g/mol. The van der Waals surface area contributed by atoms with Crippen LogP contribution >= 0.6 is 0 Å². The lowest BCUT2D eigenvalue weighted by Crippen LogP contribution is -2.39. The molecule has 0 saturated carbocycles. The van der Waals surface area contributed by atoms with Gasteiger partial charge < -0.3 is 10.1 Å². The van der Waals surface area contributed by atoms with Gasteiger partial charge in [0.15, 0.2) is 0 Å². The molecule has 0 unspecified atom stereocenters. The molecular formula is C15H24N2O. The second-order valence-electron chi connectivity index (χ2n) is 4.66. The van der Waals surface area contributed by atoms with Crippen molar-refractivity contribution >= 4 is 0 Å². The minimum Gasteiger partial charge on any atom is -0.494 e. The molecule has 0 spiro atoms. The van der Waals surface area contributed by atoms with E-state index in [1.54, 1.807) is 0 Å². The largest absolute Gasteiger partial charge is 0.494 e. The number of benzene rings is 1. The Labute approximate surface area is 110 Å². The first-order chi connectivity index (χ1) is 8.80. The summed E-state index contributed by atoms with van der Waals surface area (Å²) in [5.41, 5.74) is 2.84. The molecule has 1 atom stereocenters. The summed E-state index contributed by atoms with van der Waals surface area (Å²) in [6.07, 6.45) is 0. The Bertz CT molecular complexity index is 388. The van der Waals surface area contributed by atoms with Gasteiger partial charge in [0.1, 0.15) is 5.75 Å². The van der Waals surface area contributed by atoms with Crippen molar-refractivity contribution in [2.75, 3.05) is 26.2 Å². The quantitative estimate of drug-likeness (QED) is 0.866. The maximum absolute atomic E-state index is 5.63. The molecule has 1 aromatic carbocycles. The van der Waals surface area contributed by atoms with Crippen molar-refractivity contribution in [2.45, 2.75) is 33.4 Å². The van der Waals surface area contributed by atoms with Gasteiger partial charge in [-0.1, -0.05) is 19.9 Å². The second-order valence-corrected chi connectivity index (χ2v) is 4.66. The molecule has 3 heteroatoms. The lowest BCUT2D eigenvalue weighted by molar-refractivity contribution is 0.204. The van der Waals surface area contributed by atoms with Gasteiger partial charge in [-0.25, -0.2) is 0 Å². The van der Waals surface area contributed by atoms with Crippen LogP contribution in [0.4, 0.5) is 0 Å². The second kappa shape index (κ2) is 6.21. The smallest absolute Gasteiger partial charge is 0.119 e. The van der Waals surface area contributed by atoms with Crippen molar-refractivity contribution < 1.29 is 4.74 Å². The molecule has 1 heterocycles. The minimum atomic E-state index is 0.476. The highest BCUT2D eigenvalue weighted by Crippen LogP contribution is 2.30. The van der Waals surface area contributed by atoms with Crippen LogP contribution in [0.15, 0.2) is 18.2 Å². The van der Waals surface area contributed by atoms with Crippen molar-refractivity contribution in [1.29, 1.82) is 0 Å². The fraction of sp³-hybridized carbons (Fsp3) is 0.600. The maximum atomic E-state index is 5.63. The van der Waals surface area contributed by atoms with Crippen LogP contribution < -0.4 is 10.1 Å². The molecule has 0 bridgehead atoms. The summed E-state index contributed by atoms with van der Waals surface area (Å²) in [7, 11) is 0. The van der Waals surface area contributed by atoms with E-state index >= 15 is 0 Å². The average molecular weight is 248 g/mol. The molecule has 18 heavy (non-hydrogen) atoms. The number of hydrogen-bond donors (Lipinski definition) is 1. The number of fused-ring (bicyclic) bond motifs is 1. The Morgan fingerprint density at radius 1 is 1.28 bits per heavy atom. The van der Waals surface area contributed by atoms with Gasteiger partial charge in [-0.3, -0.25) is 4.90 Å². The summed E-state index contributed by atoms with van der Waals surface area (Å²) < 4.78 is 5.63. The highest BCUT2D eigenvalue weighted by molar-refractivity contribution is 5.39. The molecule has 0 aromatic heterocycles. The minimum absolute atomic E-state index is 0.476. The third kappa shape index (κ3) is 2.68. The highest BCUT2D eigenvalue weighted by atomic mass is 16.5. The van der Waals surface area contributed by atoms with E-state index in [0.29, 0.717) is 6.04 Å². The topological polar surface area (TPSA) is 24.5 Å². The van der Waals surface area contributed by atoms with Crippen molar-refractivity contribution in [1.82, 2.24) is 10.2 Å². The van der Waals surface area contributed by atoms with Gasteiger partial charge in [0.25, 0.3) is 0 Å².